The molecule has 7 heteroatoms. The van der Waals surface area contributed by atoms with Crippen molar-refractivity contribution >= 4 is 5.97 Å². The molecule has 0 N–H and O–H groups in total. The number of rotatable bonds is 4. The van der Waals surface area contributed by atoms with E-state index >= 15 is 0 Å². The van der Waals surface area contributed by atoms with Crippen LogP contribution in [0.1, 0.15) is 13.3 Å². The quantitative estimate of drug-likeness (QED) is 0.584. The fraction of sp³-hybridized carbons (Fsp3) is 0.714. The second-order valence-corrected chi connectivity index (χ2v) is 2.63. The first-order valence-electron chi connectivity index (χ1n) is 4.26. The van der Waals surface area contributed by atoms with E-state index in [2.05, 4.69) is 15.2 Å². The van der Waals surface area contributed by atoms with Crippen molar-refractivity contribution in [1.82, 2.24) is 19.8 Å². The number of esters is 1. The van der Waals surface area contributed by atoms with Crippen molar-refractivity contribution < 1.29 is 9.53 Å². The molecule has 0 aromatic carbocycles. The molecule has 0 aliphatic rings. The summed E-state index contributed by atoms with van der Waals surface area (Å²) in [6.45, 7) is 2.46. The Labute approximate surface area is 80.3 Å². The molecule has 1 aromatic heterocycles. The minimum Gasteiger partial charge on any atom is -0.469 e. The molecule has 0 saturated heterocycles. The van der Waals surface area contributed by atoms with Gasteiger partial charge in [-0.3, -0.25) is 4.79 Å². The molecule has 1 rings (SSSR count). The summed E-state index contributed by atoms with van der Waals surface area (Å²) in [4.78, 5) is 22.1. The highest BCUT2D eigenvalue weighted by Gasteiger charge is 2.07. The van der Waals surface area contributed by atoms with Gasteiger partial charge < -0.3 is 4.74 Å². The fourth-order valence-corrected chi connectivity index (χ4v) is 0.944. The van der Waals surface area contributed by atoms with Gasteiger partial charge in [-0.2, -0.15) is 9.36 Å². The molecular weight excluding hydrogens is 188 g/mol. The lowest BCUT2D eigenvalue weighted by Crippen LogP contribution is -2.25. The summed E-state index contributed by atoms with van der Waals surface area (Å²) >= 11 is 0. The van der Waals surface area contributed by atoms with Crippen LogP contribution in [-0.2, 0) is 22.6 Å². The molecule has 0 saturated carbocycles. The maximum Gasteiger partial charge on any atom is 0.363 e. The molecule has 1 heterocycles. The number of carbonyl (C=O) groups excluding carboxylic acids is 1. The minimum atomic E-state index is -0.372. The molecule has 1 aromatic rings. The highest BCUT2D eigenvalue weighted by atomic mass is 16.5. The Morgan fingerprint density at radius 2 is 2.07 bits per heavy atom. The molecule has 78 valence electrons. The van der Waals surface area contributed by atoms with E-state index in [0.29, 0.717) is 6.54 Å². The van der Waals surface area contributed by atoms with Gasteiger partial charge in [-0.25, -0.2) is 4.79 Å². The van der Waals surface area contributed by atoms with Gasteiger partial charge in [0.15, 0.2) is 0 Å². The van der Waals surface area contributed by atoms with Gasteiger partial charge in [0.1, 0.15) is 0 Å². The van der Waals surface area contributed by atoms with Crippen molar-refractivity contribution in [3.05, 3.63) is 10.5 Å². The van der Waals surface area contributed by atoms with Gasteiger partial charge in [-0.05, 0) is 17.4 Å². The number of nitrogens with zero attached hydrogens (tertiary/aromatic N) is 4. The van der Waals surface area contributed by atoms with Gasteiger partial charge >= 0.3 is 11.7 Å². The summed E-state index contributed by atoms with van der Waals surface area (Å²) in [5.74, 6) is -0.372. The van der Waals surface area contributed by atoms with Crippen LogP contribution in [0.2, 0.25) is 0 Å². The summed E-state index contributed by atoms with van der Waals surface area (Å²) < 4.78 is 6.79. The standard InChI is InChI=1S/C7H12N4O3/c1-3-10-7(13)11(9-8-10)5-4-6(12)14-2/h3-5H2,1-2H3. The van der Waals surface area contributed by atoms with E-state index in [9.17, 15) is 9.59 Å². The first kappa shape index (κ1) is 10.4. The van der Waals surface area contributed by atoms with Gasteiger partial charge in [-0.15, -0.1) is 0 Å². The molecule has 0 unspecified atom stereocenters. The van der Waals surface area contributed by atoms with Crippen molar-refractivity contribution in [2.75, 3.05) is 7.11 Å². The first-order chi connectivity index (χ1) is 6.69. The van der Waals surface area contributed by atoms with Gasteiger partial charge in [-0.1, -0.05) is 0 Å². The van der Waals surface area contributed by atoms with E-state index in [1.807, 2.05) is 0 Å². The molecular formula is C7H12N4O3. The highest BCUT2D eigenvalue weighted by Crippen LogP contribution is 1.86. The number of carbonyl (C=O) groups is 1. The number of methoxy groups -OCH3 is 1. The zero-order chi connectivity index (χ0) is 10.6. The third-order valence-corrected chi connectivity index (χ3v) is 1.75. The molecule has 0 amide bonds. The van der Waals surface area contributed by atoms with Crippen LogP contribution in [0.3, 0.4) is 0 Å². The van der Waals surface area contributed by atoms with Crippen LogP contribution < -0.4 is 5.69 Å². The molecule has 0 spiro atoms. The Hall–Kier alpha value is -1.66. The number of tetrazole rings is 1. The minimum absolute atomic E-state index is 0.124. The zero-order valence-electron chi connectivity index (χ0n) is 8.13. The van der Waals surface area contributed by atoms with Crippen molar-refractivity contribution in [3.63, 3.8) is 0 Å². The van der Waals surface area contributed by atoms with Crippen LogP contribution in [-0.4, -0.2) is 32.9 Å². The third-order valence-electron chi connectivity index (χ3n) is 1.75. The summed E-state index contributed by atoms with van der Waals surface area (Å²) in [5, 5.41) is 7.21. The zero-order valence-corrected chi connectivity index (χ0v) is 8.13. The van der Waals surface area contributed by atoms with Crippen molar-refractivity contribution in [2.24, 2.45) is 0 Å². The summed E-state index contributed by atoms with van der Waals surface area (Å²) in [7, 11) is 1.30. The average Bonchev–Trinajstić information content (AvgIpc) is 2.56. The maximum absolute atomic E-state index is 11.3. The number of ether oxygens (including phenoxy) is 1. The van der Waals surface area contributed by atoms with Crippen molar-refractivity contribution in [2.45, 2.75) is 26.4 Å². The van der Waals surface area contributed by atoms with Crippen LogP contribution in [0.5, 0.6) is 0 Å². The number of aromatic nitrogens is 4. The van der Waals surface area contributed by atoms with E-state index in [4.69, 9.17) is 0 Å². The lowest BCUT2D eigenvalue weighted by Gasteiger charge is -1.96. The third kappa shape index (κ3) is 2.18. The number of aryl methyl sites for hydroxylation is 2. The normalized spacial score (nSPS) is 10.1. The summed E-state index contributed by atoms with van der Waals surface area (Å²) in [6, 6.07) is 0. The molecule has 7 nitrogen and oxygen atoms in total. The van der Waals surface area contributed by atoms with Crippen LogP contribution >= 0.6 is 0 Å². The number of hydrogen-bond acceptors (Lipinski definition) is 5. The smallest absolute Gasteiger partial charge is 0.363 e. The maximum atomic E-state index is 11.3. The lowest BCUT2D eigenvalue weighted by atomic mass is 10.4. The SMILES string of the molecule is CCn1nnn(CCC(=O)OC)c1=O. The van der Waals surface area contributed by atoms with E-state index in [0.717, 1.165) is 4.68 Å². The highest BCUT2D eigenvalue weighted by molar-refractivity contribution is 5.68. The molecule has 0 radical (unpaired) electrons. The van der Waals surface area contributed by atoms with Crippen LogP contribution in [0.4, 0.5) is 0 Å². The van der Waals surface area contributed by atoms with Gasteiger partial charge in [0.2, 0.25) is 0 Å². The monoisotopic (exact) mass is 200 g/mol. The molecule has 0 fully saturated rings. The average molecular weight is 200 g/mol. The van der Waals surface area contributed by atoms with E-state index < -0.39 is 0 Å². The van der Waals surface area contributed by atoms with Crippen LogP contribution in [0.25, 0.3) is 0 Å². The molecule has 0 aliphatic carbocycles. The summed E-state index contributed by atoms with van der Waals surface area (Å²) in [6.07, 6.45) is 0.124. The summed E-state index contributed by atoms with van der Waals surface area (Å²) in [5.41, 5.74) is -0.309. The fourth-order valence-electron chi connectivity index (χ4n) is 0.944. The lowest BCUT2D eigenvalue weighted by molar-refractivity contribution is -0.140. The Kier molecular flexibility index (Phi) is 3.38. The molecule has 0 atom stereocenters. The second-order valence-electron chi connectivity index (χ2n) is 2.63. The van der Waals surface area contributed by atoms with Crippen LogP contribution in [0, 0.1) is 0 Å². The predicted molar refractivity (Wildman–Crippen MR) is 46.6 cm³/mol. The van der Waals surface area contributed by atoms with Crippen molar-refractivity contribution in [3.8, 4) is 0 Å². The van der Waals surface area contributed by atoms with Crippen LogP contribution in [0.15, 0.2) is 4.79 Å². The largest absolute Gasteiger partial charge is 0.469 e. The van der Waals surface area contributed by atoms with Crippen molar-refractivity contribution in [1.29, 1.82) is 0 Å². The van der Waals surface area contributed by atoms with Gasteiger partial charge in [0.25, 0.3) is 0 Å². The van der Waals surface area contributed by atoms with Gasteiger partial charge in [0.05, 0.1) is 20.1 Å². The Balaban J connectivity index is 2.64. The molecule has 0 bridgehead atoms. The Morgan fingerprint density at radius 1 is 1.43 bits per heavy atom. The van der Waals surface area contributed by atoms with E-state index in [1.54, 1.807) is 6.92 Å². The Morgan fingerprint density at radius 3 is 2.57 bits per heavy atom. The predicted octanol–water partition coefficient (Wildman–Crippen LogP) is -0.977. The molecule has 0 aliphatic heterocycles. The molecule has 14 heavy (non-hydrogen) atoms. The topological polar surface area (TPSA) is 79.0 Å². The van der Waals surface area contributed by atoms with Gasteiger partial charge in [0, 0.05) is 6.54 Å². The van der Waals surface area contributed by atoms with E-state index in [-0.39, 0.29) is 24.6 Å². The first-order valence-corrected chi connectivity index (χ1v) is 4.26. The second kappa shape index (κ2) is 4.54. The van der Waals surface area contributed by atoms with E-state index in [1.165, 1.54) is 11.8 Å². The Bertz CT molecular complexity index is 367. The number of hydrogen-bond donors (Lipinski definition) is 0.